The van der Waals surface area contributed by atoms with E-state index < -0.39 is 0 Å². The summed E-state index contributed by atoms with van der Waals surface area (Å²) in [6, 6.07) is 0. The van der Waals surface area contributed by atoms with Gasteiger partial charge in [0, 0.05) is 0 Å². The highest BCUT2D eigenvalue weighted by Crippen LogP contribution is 2.40. The van der Waals surface area contributed by atoms with Gasteiger partial charge in [-0.25, -0.2) is 0 Å². The molecule has 12 heavy (non-hydrogen) atoms. The van der Waals surface area contributed by atoms with Gasteiger partial charge >= 0.3 is 0 Å². The summed E-state index contributed by atoms with van der Waals surface area (Å²) in [4.78, 5) is 0. The van der Waals surface area contributed by atoms with Crippen molar-refractivity contribution in [1.29, 1.82) is 0 Å². The van der Waals surface area contributed by atoms with Crippen LogP contribution in [0, 0.1) is 23.7 Å². The van der Waals surface area contributed by atoms with Gasteiger partial charge in [-0.3, -0.25) is 0 Å². The molecule has 0 bridgehead atoms. The van der Waals surface area contributed by atoms with E-state index in [2.05, 4.69) is 27.7 Å². The van der Waals surface area contributed by atoms with Gasteiger partial charge in [0.05, 0.1) is 0 Å². The second-order valence-electron chi connectivity index (χ2n) is 4.84. The Morgan fingerprint density at radius 2 is 1.58 bits per heavy atom. The molecule has 0 N–H and O–H groups in total. The van der Waals surface area contributed by atoms with Crippen molar-refractivity contribution in [2.75, 3.05) is 0 Å². The highest BCUT2D eigenvalue weighted by Gasteiger charge is 2.31. The maximum Gasteiger partial charge on any atom is -0.0360 e. The zero-order chi connectivity index (χ0) is 9.14. The fourth-order valence-electron chi connectivity index (χ4n) is 2.82. The van der Waals surface area contributed by atoms with Gasteiger partial charge in [0.1, 0.15) is 0 Å². The van der Waals surface area contributed by atoms with E-state index in [4.69, 9.17) is 0 Å². The first kappa shape index (κ1) is 10.1. The first-order valence-corrected chi connectivity index (χ1v) is 5.66. The van der Waals surface area contributed by atoms with Crippen LogP contribution in [0.25, 0.3) is 0 Å². The van der Waals surface area contributed by atoms with Gasteiger partial charge in [0.2, 0.25) is 0 Å². The summed E-state index contributed by atoms with van der Waals surface area (Å²) in [6.07, 6.45) is 5.75. The maximum atomic E-state index is 2.46. The quantitative estimate of drug-likeness (QED) is 0.582. The third-order valence-electron chi connectivity index (χ3n) is 4.00. The summed E-state index contributed by atoms with van der Waals surface area (Å²) in [5, 5.41) is 0. The molecular weight excluding hydrogens is 144 g/mol. The van der Waals surface area contributed by atoms with Crippen molar-refractivity contribution in [3.05, 3.63) is 0 Å². The summed E-state index contributed by atoms with van der Waals surface area (Å²) in [6.45, 7) is 9.65. The van der Waals surface area contributed by atoms with E-state index in [-0.39, 0.29) is 0 Å². The molecule has 0 aromatic carbocycles. The minimum absolute atomic E-state index is 0.966. The molecule has 0 radical (unpaired) electrons. The van der Waals surface area contributed by atoms with Crippen LogP contribution in [-0.2, 0) is 0 Å². The Morgan fingerprint density at radius 3 is 2.17 bits per heavy atom. The Labute approximate surface area is 77.7 Å². The molecule has 0 aromatic rings. The molecule has 72 valence electrons. The van der Waals surface area contributed by atoms with Crippen LogP contribution in [-0.4, -0.2) is 0 Å². The molecule has 0 spiro atoms. The normalized spacial score (nSPS) is 43.0. The topological polar surface area (TPSA) is 0 Å². The summed E-state index contributed by atoms with van der Waals surface area (Å²) < 4.78 is 0. The van der Waals surface area contributed by atoms with E-state index in [1.807, 2.05) is 0 Å². The molecular formula is C12H24. The average molecular weight is 168 g/mol. The Balaban J connectivity index is 2.52. The lowest BCUT2D eigenvalue weighted by molar-refractivity contribution is 0.113. The van der Waals surface area contributed by atoms with Crippen molar-refractivity contribution in [2.45, 2.75) is 53.4 Å². The molecule has 4 atom stereocenters. The number of hydrogen-bond acceptors (Lipinski definition) is 0. The Morgan fingerprint density at radius 1 is 1.00 bits per heavy atom. The van der Waals surface area contributed by atoms with Crippen LogP contribution >= 0.6 is 0 Å². The molecule has 0 heteroatoms. The van der Waals surface area contributed by atoms with Gasteiger partial charge < -0.3 is 0 Å². The van der Waals surface area contributed by atoms with Crippen molar-refractivity contribution >= 4 is 0 Å². The predicted molar refractivity (Wildman–Crippen MR) is 55.1 cm³/mol. The van der Waals surface area contributed by atoms with Crippen molar-refractivity contribution in [3.63, 3.8) is 0 Å². The van der Waals surface area contributed by atoms with Crippen molar-refractivity contribution in [2.24, 2.45) is 23.7 Å². The van der Waals surface area contributed by atoms with E-state index >= 15 is 0 Å². The Hall–Kier alpha value is 0. The standard InChI is InChI=1S/C12H24/c1-5-6-12-10(3)8-7-9(2)11(12)4/h9-12H,5-8H2,1-4H3. The minimum atomic E-state index is 0.966. The largest absolute Gasteiger partial charge is 0.0654 e. The van der Waals surface area contributed by atoms with Crippen LogP contribution in [0.2, 0.25) is 0 Å². The zero-order valence-electron chi connectivity index (χ0n) is 9.14. The van der Waals surface area contributed by atoms with Gasteiger partial charge in [-0.05, 0) is 23.7 Å². The van der Waals surface area contributed by atoms with E-state index in [0.717, 1.165) is 23.7 Å². The van der Waals surface area contributed by atoms with E-state index in [9.17, 15) is 0 Å². The van der Waals surface area contributed by atoms with E-state index in [1.165, 1.54) is 25.7 Å². The molecule has 1 aliphatic carbocycles. The lowest BCUT2D eigenvalue weighted by Crippen LogP contribution is -2.30. The third kappa shape index (κ3) is 2.02. The average Bonchev–Trinajstić information content (AvgIpc) is 2.06. The molecule has 1 saturated carbocycles. The Kier molecular flexibility index (Phi) is 3.61. The Bertz CT molecular complexity index is 128. The smallest absolute Gasteiger partial charge is 0.0360 e. The fourth-order valence-corrected chi connectivity index (χ4v) is 2.82. The summed E-state index contributed by atoms with van der Waals surface area (Å²) in [5.41, 5.74) is 0. The fraction of sp³-hybridized carbons (Fsp3) is 1.00. The lowest BCUT2D eigenvalue weighted by Gasteiger charge is -2.39. The zero-order valence-corrected chi connectivity index (χ0v) is 9.14. The van der Waals surface area contributed by atoms with Crippen LogP contribution in [0.15, 0.2) is 0 Å². The number of rotatable bonds is 2. The lowest BCUT2D eigenvalue weighted by atomic mass is 9.67. The SMILES string of the molecule is CCCC1C(C)CCC(C)C1C. The van der Waals surface area contributed by atoms with Gasteiger partial charge in [0.25, 0.3) is 0 Å². The van der Waals surface area contributed by atoms with Gasteiger partial charge in [0.15, 0.2) is 0 Å². The molecule has 1 rings (SSSR count). The van der Waals surface area contributed by atoms with Crippen molar-refractivity contribution < 1.29 is 0 Å². The molecule has 0 amide bonds. The second-order valence-corrected chi connectivity index (χ2v) is 4.84. The highest BCUT2D eigenvalue weighted by molar-refractivity contribution is 4.81. The molecule has 1 fully saturated rings. The van der Waals surface area contributed by atoms with Crippen LogP contribution < -0.4 is 0 Å². The van der Waals surface area contributed by atoms with Crippen molar-refractivity contribution in [3.8, 4) is 0 Å². The molecule has 0 nitrogen and oxygen atoms in total. The van der Waals surface area contributed by atoms with Crippen LogP contribution in [0.4, 0.5) is 0 Å². The van der Waals surface area contributed by atoms with Gasteiger partial charge in [-0.15, -0.1) is 0 Å². The van der Waals surface area contributed by atoms with E-state index in [0.29, 0.717) is 0 Å². The minimum Gasteiger partial charge on any atom is -0.0654 e. The first-order chi connectivity index (χ1) is 5.66. The number of hydrogen-bond donors (Lipinski definition) is 0. The van der Waals surface area contributed by atoms with Crippen LogP contribution in [0.5, 0.6) is 0 Å². The van der Waals surface area contributed by atoms with Gasteiger partial charge in [-0.2, -0.15) is 0 Å². The summed E-state index contributed by atoms with van der Waals surface area (Å²) in [5.74, 6) is 3.93. The maximum absolute atomic E-state index is 2.46. The molecule has 4 unspecified atom stereocenters. The summed E-state index contributed by atoms with van der Waals surface area (Å²) >= 11 is 0. The summed E-state index contributed by atoms with van der Waals surface area (Å²) in [7, 11) is 0. The van der Waals surface area contributed by atoms with Crippen LogP contribution in [0.1, 0.15) is 53.4 Å². The predicted octanol–water partition coefficient (Wildman–Crippen LogP) is 4.10. The van der Waals surface area contributed by atoms with Gasteiger partial charge in [-0.1, -0.05) is 53.4 Å². The van der Waals surface area contributed by atoms with Crippen molar-refractivity contribution in [1.82, 2.24) is 0 Å². The van der Waals surface area contributed by atoms with E-state index in [1.54, 1.807) is 0 Å². The molecule has 0 heterocycles. The molecule has 1 aliphatic rings. The van der Waals surface area contributed by atoms with Crippen LogP contribution in [0.3, 0.4) is 0 Å². The highest BCUT2D eigenvalue weighted by atomic mass is 14.4. The molecule has 0 aromatic heterocycles. The third-order valence-corrected chi connectivity index (χ3v) is 4.00. The second kappa shape index (κ2) is 4.30. The molecule has 0 saturated heterocycles. The monoisotopic (exact) mass is 168 g/mol. The first-order valence-electron chi connectivity index (χ1n) is 5.66. The molecule has 0 aliphatic heterocycles.